The molecule has 1 heterocycles. The number of halogens is 2. The molecule has 1 N–H and O–H groups in total. The van der Waals surface area contributed by atoms with Crippen molar-refractivity contribution in [2.75, 3.05) is 5.32 Å². The van der Waals surface area contributed by atoms with Gasteiger partial charge in [0.2, 0.25) is 5.91 Å². The standard InChI is InChI=1S/C19H13Cl2N3O3/c1-10(17(25)23-12-4-2-11(3-5-12)6-7-22)24-18(26)13-8-15(20)16(21)9-14(13)19(24)27/h2-5,8-10H,6H2,1H3,(H,23,25). The summed E-state index contributed by atoms with van der Waals surface area (Å²) in [4.78, 5) is 38.6. The summed E-state index contributed by atoms with van der Waals surface area (Å²) in [5.74, 6) is -1.71. The SMILES string of the molecule is CC(C(=O)Nc1ccc(CC#N)cc1)N1C(=O)c2cc(Cl)c(Cl)cc2C1=O. The number of nitrogens with zero attached hydrogens (tertiary/aromatic N) is 2. The number of fused-ring (bicyclic) bond motifs is 1. The van der Waals surface area contributed by atoms with E-state index in [1.165, 1.54) is 19.1 Å². The van der Waals surface area contributed by atoms with Gasteiger partial charge >= 0.3 is 0 Å². The first kappa shape index (κ1) is 18.9. The molecule has 1 atom stereocenters. The molecule has 0 aliphatic carbocycles. The molecule has 6 nitrogen and oxygen atoms in total. The summed E-state index contributed by atoms with van der Waals surface area (Å²) >= 11 is 11.8. The maximum absolute atomic E-state index is 12.6. The first-order valence-corrected chi connectivity index (χ1v) is 8.72. The largest absolute Gasteiger partial charge is 0.324 e. The van der Waals surface area contributed by atoms with E-state index in [1.54, 1.807) is 24.3 Å². The van der Waals surface area contributed by atoms with Gasteiger partial charge in [-0.05, 0) is 36.8 Å². The highest BCUT2D eigenvalue weighted by atomic mass is 35.5. The van der Waals surface area contributed by atoms with Gasteiger partial charge in [-0.2, -0.15) is 5.26 Å². The lowest BCUT2D eigenvalue weighted by molar-refractivity contribution is -0.119. The van der Waals surface area contributed by atoms with Crippen LogP contribution in [0.5, 0.6) is 0 Å². The van der Waals surface area contributed by atoms with Crippen molar-refractivity contribution in [3.05, 3.63) is 63.1 Å². The number of hydrogen-bond acceptors (Lipinski definition) is 4. The number of carbonyl (C=O) groups excluding carboxylic acids is 3. The fourth-order valence-corrected chi connectivity index (χ4v) is 3.09. The molecule has 0 radical (unpaired) electrons. The molecule has 0 saturated carbocycles. The van der Waals surface area contributed by atoms with Crippen LogP contribution in [0, 0.1) is 11.3 Å². The molecule has 2 aromatic carbocycles. The van der Waals surface area contributed by atoms with Gasteiger partial charge in [0.25, 0.3) is 11.8 Å². The van der Waals surface area contributed by atoms with E-state index in [1.807, 2.05) is 6.07 Å². The Labute approximate surface area is 165 Å². The smallest absolute Gasteiger partial charge is 0.262 e. The first-order chi connectivity index (χ1) is 12.8. The third-order valence-electron chi connectivity index (χ3n) is 4.23. The number of amides is 3. The molecule has 0 bridgehead atoms. The fraction of sp³-hybridized carbons (Fsp3) is 0.158. The van der Waals surface area contributed by atoms with E-state index in [4.69, 9.17) is 28.5 Å². The summed E-state index contributed by atoms with van der Waals surface area (Å²) in [5, 5.41) is 11.7. The molecule has 136 valence electrons. The quantitative estimate of drug-likeness (QED) is 0.790. The van der Waals surface area contributed by atoms with Crippen LogP contribution in [-0.2, 0) is 11.2 Å². The van der Waals surface area contributed by atoms with Crippen LogP contribution in [0.15, 0.2) is 36.4 Å². The van der Waals surface area contributed by atoms with Crippen LogP contribution >= 0.6 is 23.2 Å². The minimum Gasteiger partial charge on any atom is -0.324 e. The number of rotatable bonds is 4. The van der Waals surface area contributed by atoms with Crippen molar-refractivity contribution in [3.8, 4) is 6.07 Å². The van der Waals surface area contributed by atoms with Crippen molar-refractivity contribution >= 4 is 46.6 Å². The van der Waals surface area contributed by atoms with E-state index >= 15 is 0 Å². The molecular formula is C19H13Cl2N3O3. The van der Waals surface area contributed by atoms with Crippen LogP contribution in [0.25, 0.3) is 0 Å². The monoisotopic (exact) mass is 401 g/mol. The van der Waals surface area contributed by atoms with Crippen LogP contribution in [0.2, 0.25) is 10.0 Å². The van der Waals surface area contributed by atoms with Crippen molar-refractivity contribution < 1.29 is 14.4 Å². The highest BCUT2D eigenvalue weighted by molar-refractivity contribution is 6.43. The third kappa shape index (κ3) is 3.52. The molecular weight excluding hydrogens is 389 g/mol. The third-order valence-corrected chi connectivity index (χ3v) is 4.95. The van der Waals surface area contributed by atoms with E-state index in [0.717, 1.165) is 10.5 Å². The van der Waals surface area contributed by atoms with Gasteiger partial charge in [-0.3, -0.25) is 19.3 Å². The van der Waals surface area contributed by atoms with Crippen molar-refractivity contribution in [1.82, 2.24) is 4.90 Å². The second-order valence-corrected chi connectivity index (χ2v) is 6.80. The van der Waals surface area contributed by atoms with E-state index in [-0.39, 0.29) is 27.6 Å². The zero-order chi connectivity index (χ0) is 19.7. The van der Waals surface area contributed by atoms with Crippen molar-refractivity contribution in [3.63, 3.8) is 0 Å². The predicted octanol–water partition coefficient (Wildman–Crippen LogP) is 3.68. The Morgan fingerprint density at radius 3 is 2.11 bits per heavy atom. The van der Waals surface area contributed by atoms with Gasteiger partial charge in [0.05, 0.1) is 33.7 Å². The Bertz CT molecular complexity index is 955. The van der Waals surface area contributed by atoms with Crippen molar-refractivity contribution in [2.45, 2.75) is 19.4 Å². The van der Waals surface area contributed by atoms with E-state index in [0.29, 0.717) is 5.69 Å². The van der Waals surface area contributed by atoms with Gasteiger partial charge in [-0.25, -0.2) is 0 Å². The molecule has 0 spiro atoms. The summed E-state index contributed by atoms with van der Waals surface area (Å²) in [7, 11) is 0. The molecule has 2 aromatic rings. The van der Waals surface area contributed by atoms with Crippen LogP contribution in [-0.4, -0.2) is 28.7 Å². The van der Waals surface area contributed by atoms with Gasteiger partial charge < -0.3 is 5.32 Å². The number of hydrogen-bond donors (Lipinski definition) is 1. The molecule has 0 aromatic heterocycles. The van der Waals surface area contributed by atoms with Crippen LogP contribution in [0.4, 0.5) is 5.69 Å². The maximum Gasteiger partial charge on any atom is 0.262 e. The van der Waals surface area contributed by atoms with Crippen LogP contribution < -0.4 is 5.32 Å². The molecule has 3 rings (SSSR count). The second kappa shape index (κ2) is 7.39. The second-order valence-electron chi connectivity index (χ2n) is 5.99. The minimum absolute atomic E-state index is 0.120. The topological polar surface area (TPSA) is 90.3 Å². The highest BCUT2D eigenvalue weighted by Crippen LogP contribution is 2.32. The lowest BCUT2D eigenvalue weighted by Gasteiger charge is -2.21. The minimum atomic E-state index is -1.03. The number of benzene rings is 2. The van der Waals surface area contributed by atoms with E-state index < -0.39 is 23.8 Å². The number of anilines is 1. The molecule has 27 heavy (non-hydrogen) atoms. The zero-order valence-electron chi connectivity index (χ0n) is 14.1. The van der Waals surface area contributed by atoms with E-state index in [2.05, 4.69) is 5.32 Å². The van der Waals surface area contributed by atoms with Crippen molar-refractivity contribution in [2.24, 2.45) is 0 Å². The summed E-state index contributed by atoms with van der Waals surface area (Å²) in [5.41, 5.74) is 1.55. The maximum atomic E-state index is 12.6. The van der Waals surface area contributed by atoms with Crippen LogP contribution in [0.3, 0.4) is 0 Å². The lowest BCUT2D eigenvalue weighted by Crippen LogP contribution is -2.45. The Morgan fingerprint density at radius 1 is 1.11 bits per heavy atom. The van der Waals surface area contributed by atoms with Gasteiger partial charge in [0, 0.05) is 5.69 Å². The van der Waals surface area contributed by atoms with Gasteiger partial charge in [0.15, 0.2) is 0 Å². The summed E-state index contributed by atoms with van der Waals surface area (Å²) < 4.78 is 0. The molecule has 0 fully saturated rings. The number of nitrogens with one attached hydrogen (secondary N) is 1. The molecule has 1 aliphatic heterocycles. The Kier molecular flexibility index (Phi) is 5.17. The van der Waals surface area contributed by atoms with Crippen molar-refractivity contribution in [1.29, 1.82) is 5.26 Å². The summed E-state index contributed by atoms with van der Waals surface area (Å²) in [6.45, 7) is 1.46. The molecule has 1 unspecified atom stereocenters. The molecule has 3 amide bonds. The van der Waals surface area contributed by atoms with Gasteiger partial charge in [0.1, 0.15) is 6.04 Å². The zero-order valence-corrected chi connectivity index (χ0v) is 15.6. The molecule has 0 saturated heterocycles. The lowest BCUT2D eigenvalue weighted by atomic mass is 10.1. The summed E-state index contributed by atoms with van der Waals surface area (Å²) in [6.07, 6.45) is 0.269. The molecule has 1 aliphatic rings. The molecule has 8 heteroatoms. The first-order valence-electron chi connectivity index (χ1n) is 7.97. The number of carbonyl (C=O) groups is 3. The number of imide groups is 1. The predicted molar refractivity (Wildman–Crippen MR) is 101 cm³/mol. The normalized spacial score (nSPS) is 13.9. The average Bonchev–Trinajstić information content (AvgIpc) is 2.87. The van der Waals surface area contributed by atoms with Crippen LogP contribution in [0.1, 0.15) is 33.2 Å². The summed E-state index contributed by atoms with van der Waals surface area (Å²) in [6, 6.07) is 10.4. The Balaban J connectivity index is 1.78. The average molecular weight is 402 g/mol. The number of nitriles is 1. The Hall–Kier alpha value is -2.88. The van der Waals surface area contributed by atoms with Gasteiger partial charge in [-0.15, -0.1) is 0 Å². The van der Waals surface area contributed by atoms with E-state index in [9.17, 15) is 14.4 Å². The van der Waals surface area contributed by atoms with Gasteiger partial charge in [-0.1, -0.05) is 35.3 Å². The highest BCUT2D eigenvalue weighted by Gasteiger charge is 2.41. The fourth-order valence-electron chi connectivity index (χ4n) is 2.77. The Morgan fingerprint density at radius 2 is 1.63 bits per heavy atom.